The van der Waals surface area contributed by atoms with E-state index >= 15 is 0 Å². The van der Waals surface area contributed by atoms with Crippen molar-refractivity contribution in [3.05, 3.63) is 11.4 Å². The van der Waals surface area contributed by atoms with Crippen LogP contribution in [0.3, 0.4) is 0 Å². The summed E-state index contributed by atoms with van der Waals surface area (Å²) < 4.78 is 1.74. The first kappa shape index (κ1) is 14.4. The minimum absolute atomic E-state index is 0.0361. The highest BCUT2D eigenvalue weighted by atomic mass is 16.2. The molecular formula is C15H25N5O. The number of nitrogens with zero attached hydrogens (tertiary/aromatic N) is 4. The average Bonchev–Trinajstić information content (AvgIpc) is 3.02. The molecule has 2 unspecified atom stereocenters. The van der Waals surface area contributed by atoms with Gasteiger partial charge in [0.05, 0.1) is 11.4 Å². The SMILES string of the molecule is CCn1nc(C)c(N)c1C(=O)N1CC2CCCN2CC1C. The minimum Gasteiger partial charge on any atom is -0.395 e. The van der Waals surface area contributed by atoms with Crippen LogP contribution in [0, 0.1) is 6.92 Å². The van der Waals surface area contributed by atoms with E-state index in [1.54, 1.807) is 4.68 Å². The quantitative estimate of drug-likeness (QED) is 0.886. The highest BCUT2D eigenvalue weighted by Gasteiger charge is 2.38. The number of nitrogens with two attached hydrogens (primary N) is 1. The lowest BCUT2D eigenvalue weighted by Crippen LogP contribution is -2.57. The van der Waals surface area contributed by atoms with E-state index in [1.165, 1.54) is 19.4 Å². The van der Waals surface area contributed by atoms with Crippen LogP contribution in [0.15, 0.2) is 0 Å². The molecule has 2 aliphatic rings. The lowest BCUT2D eigenvalue weighted by molar-refractivity contribution is 0.0386. The highest BCUT2D eigenvalue weighted by molar-refractivity contribution is 5.98. The number of aryl methyl sites for hydroxylation is 2. The fourth-order valence-electron chi connectivity index (χ4n) is 3.66. The highest BCUT2D eigenvalue weighted by Crippen LogP contribution is 2.27. The lowest BCUT2D eigenvalue weighted by atomic mass is 10.1. The molecule has 0 spiro atoms. The largest absolute Gasteiger partial charge is 0.395 e. The first-order chi connectivity index (χ1) is 10.0. The van der Waals surface area contributed by atoms with Crippen LogP contribution in [0.5, 0.6) is 0 Å². The van der Waals surface area contributed by atoms with Crippen molar-refractivity contribution in [2.75, 3.05) is 25.4 Å². The van der Waals surface area contributed by atoms with E-state index in [1.807, 2.05) is 18.7 Å². The lowest BCUT2D eigenvalue weighted by Gasteiger charge is -2.42. The van der Waals surface area contributed by atoms with Crippen LogP contribution < -0.4 is 5.73 Å². The molecule has 3 rings (SSSR count). The smallest absolute Gasteiger partial charge is 0.274 e. The van der Waals surface area contributed by atoms with Gasteiger partial charge in [-0.25, -0.2) is 0 Å². The van der Waals surface area contributed by atoms with Gasteiger partial charge in [-0.1, -0.05) is 0 Å². The number of amides is 1. The van der Waals surface area contributed by atoms with Crippen molar-refractivity contribution >= 4 is 11.6 Å². The molecule has 2 saturated heterocycles. The van der Waals surface area contributed by atoms with E-state index in [0.29, 0.717) is 24.0 Å². The molecule has 0 aromatic carbocycles. The normalized spacial score (nSPS) is 26.1. The molecule has 2 fully saturated rings. The van der Waals surface area contributed by atoms with Gasteiger partial charge in [0.25, 0.3) is 5.91 Å². The number of hydrogen-bond donors (Lipinski definition) is 1. The van der Waals surface area contributed by atoms with Crippen LogP contribution in [0.25, 0.3) is 0 Å². The first-order valence-electron chi connectivity index (χ1n) is 7.90. The molecule has 21 heavy (non-hydrogen) atoms. The van der Waals surface area contributed by atoms with Crippen molar-refractivity contribution in [1.29, 1.82) is 0 Å². The monoisotopic (exact) mass is 291 g/mol. The van der Waals surface area contributed by atoms with Gasteiger partial charge in [0.2, 0.25) is 0 Å². The van der Waals surface area contributed by atoms with E-state index in [-0.39, 0.29) is 11.9 Å². The van der Waals surface area contributed by atoms with Crippen molar-refractivity contribution in [2.24, 2.45) is 0 Å². The number of anilines is 1. The Morgan fingerprint density at radius 3 is 2.90 bits per heavy atom. The van der Waals surface area contributed by atoms with E-state index in [9.17, 15) is 4.79 Å². The number of nitrogen functional groups attached to an aromatic ring is 1. The zero-order valence-electron chi connectivity index (χ0n) is 13.2. The van der Waals surface area contributed by atoms with Gasteiger partial charge in [0.15, 0.2) is 0 Å². The van der Waals surface area contributed by atoms with Crippen LogP contribution in [0.1, 0.15) is 42.9 Å². The second-order valence-electron chi connectivity index (χ2n) is 6.26. The fraction of sp³-hybridized carbons (Fsp3) is 0.733. The maximum Gasteiger partial charge on any atom is 0.274 e. The number of carbonyl (C=O) groups excluding carboxylic acids is 1. The van der Waals surface area contributed by atoms with E-state index in [0.717, 1.165) is 18.8 Å². The molecule has 2 aliphatic heterocycles. The van der Waals surface area contributed by atoms with Gasteiger partial charge in [0.1, 0.15) is 5.69 Å². The van der Waals surface area contributed by atoms with E-state index in [4.69, 9.17) is 5.73 Å². The molecule has 1 amide bonds. The number of rotatable bonds is 2. The Morgan fingerprint density at radius 1 is 1.43 bits per heavy atom. The molecule has 0 radical (unpaired) electrons. The molecule has 0 saturated carbocycles. The number of fused-ring (bicyclic) bond motifs is 1. The Bertz CT molecular complexity index is 553. The van der Waals surface area contributed by atoms with Crippen LogP contribution in [0.2, 0.25) is 0 Å². The third-order valence-electron chi connectivity index (χ3n) is 4.87. The van der Waals surface area contributed by atoms with Crippen LogP contribution in [-0.2, 0) is 6.54 Å². The summed E-state index contributed by atoms with van der Waals surface area (Å²) in [5.74, 6) is 0.0361. The van der Waals surface area contributed by atoms with Crippen molar-refractivity contribution < 1.29 is 4.79 Å². The van der Waals surface area contributed by atoms with Gasteiger partial charge in [-0.05, 0) is 40.2 Å². The predicted molar refractivity (Wildman–Crippen MR) is 82.1 cm³/mol. The molecule has 1 aromatic heterocycles. The standard InChI is InChI=1S/C15H25N5O/c1-4-20-14(13(16)11(3)17-20)15(21)19-9-12-6-5-7-18(12)8-10(19)2/h10,12H,4-9,16H2,1-3H3. The van der Waals surface area contributed by atoms with Gasteiger partial charge >= 0.3 is 0 Å². The Hall–Kier alpha value is -1.56. The van der Waals surface area contributed by atoms with Gasteiger partial charge in [0, 0.05) is 31.7 Å². The molecule has 6 heteroatoms. The van der Waals surface area contributed by atoms with Crippen molar-refractivity contribution in [2.45, 2.75) is 52.2 Å². The fourth-order valence-corrected chi connectivity index (χ4v) is 3.66. The Balaban J connectivity index is 1.88. The van der Waals surface area contributed by atoms with Crippen LogP contribution in [0.4, 0.5) is 5.69 Å². The second kappa shape index (κ2) is 5.33. The predicted octanol–water partition coefficient (Wildman–Crippen LogP) is 1.10. The minimum atomic E-state index is 0.0361. The van der Waals surface area contributed by atoms with Gasteiger partial charge < -0.3 is 10.6 Å². The molecule has 116 valence electrons. The van der Waals surface area contributed by atoms with Gasteiger partial charge in [-0.3, -0.25) is 14.4 Å². The summed E-state index contributed by atoms with van der Waals surface area (Å²) in [6.07, 6.45) is 2.44. The molecule has 2 N–H and O–H groups in total. The third-order valence-corrected chi connectivity index (χ3v) is 4.87. The molecule has 3 heterocycles. The summed E-state index contributed by atoms with van der Waals surface area (Å²) >= 11 is 0. The summed E-state index contributed by atoms with van der Waals surface area (Å²) in [5, 5.41) is 4.37. The first-order valence-corrected chi connectivity index (χ1v) is 7.90. The summed E-state index contributed by atoms with van der Waals surface area (Å²) in [7, 11) is 0. The summed E-state index contributed by atoms with van der Waals surface area (Å²) in [5.41, 5.74) is 7.93. The maximum absolute atomic E-state index is 13.0. The zero-order valence-corrected chi connectivity index (χ0v) is 13.2. The third kappa shape index (κ3) is 2.31. The summed E-state index contributed by atoms with van der Waals surface area (Å²) in [6, 6.07) is 0.747. The molecule has 1 aromatic rings. The molecular weight excluding hydrogens is 266 g/mol. The van der Waals surface area contributed by atoms with Crippen molar-refractivity contribution in [3.8, 4) is 0 Å². The molecule has 0 aliphatic carbocycles. The maximum atomic E-state index is 13.0. The van der Waals surface area contributed by atoms with Crippen LogP contribution >= 0.6 is 0 Å². The Morgan fingerprint density at radius 2 is 2.19 bits per heavy atom. The average molecular weight is 291 g/mol. The van der Waals surface area contributed by atoms with E-state index in [2.05, 4.69) is 16.9 Å². The summed E-state index contributed by atoms with van der Waals surface area (Å²) in [4.78, 5) is 17.5. The van der Waals surface area contributed by atoms with E-state index < -0.39 is 0 Å². The number of hydrogen-bond acceptors (Lipinski definition) is 4. The number of aromatic nitrogens is 2. The van der Waals surface area contributed by atoms with Crippen molar-refractivity contribution in [1.82, 2.24) is 19.6 Å². The molecule has 0 bridgehead atoms. The van der Waals surface area contributed by atoms with Gasteiger partial charge in [-0.2, -0.15) is 5.10 Å². The van der Waals surface area contributed by atoms with Crippen LogP contribution in [-0.4, -0.2) is 57.2 Å². The van der Waals surface area contributed by atoms with Crippen molar-refractivity contribution in [3.63, 3.8) is 0 Å². The topological polar surface area (TPSA) is 67.4 Å². The molecule has 2 atom stereocenters. The Labute approximate surface area is 125 Å². The Kier molecular flexibility index (Phi) is 3.65. The zero-order chi connectivity index (χ0) is 15.1. The van der Waals surface area contributed by atoms with Gasteiger partial charge in [-0.15, -0.1) is 0 Å². The number of carbonyl (C=O) groups is 1. The summed E-state index contributed by atoms with van der Waals surface area (Å²) in [6.45, 7) is 9.59. The molecule has 6 nitrogen and oxygen atoms in total. The second-order valence-corrected chi connectivity index (χ2v) is 6.26. The number of piperazine rings is 1.